The third-order valence-electron chi connectivity index (χ3n) is 6.82. The smallest absolute Gasteiger partial charge is 0.222 e. The van der Waals surface area contributed by atoms with Crippen LogP contribution in [0.3, 0.4) is 0 Å². The van der Waals surface area contributed by atoms with Gasteiger partial charge in [-0.1, -0.05) is 47.5 Å². The van der Waals surface area contributed by atoms with E-state index in [0.717, 1.165) is 56.1 Å². The minimum Gasteiger partial charge on any atom is -0.503 e. The number of unbranched alkanes of at least 4 members (excludes halogenated alkanes) is 3. The lowest BCUT2D eigenvalue weighted by Gasteiger charge is -2.16. The second-order valence-corrected chi connectivity index (χ2v) is 11.6. The monoisotopic (exact) mass is 535 g/mol. The third kappa shape index (κ3) is 14.7. The molecule has 0 aliphatic heterocycles. The first-order chi connectivity index (χ1) is 18.0. The SMILES string of the molecule is CC(C)CCc1c[n+](CC(O)CCC(C)C(=O)NCCC(=O)NCCCCCCN)cc(O)c1CC(C)C. The maximum absolute atomic E-state index is 12.4. The number of nitrogens with one attached hydrogen (secondary N) is 2. The van der Waals surface area contributed by atoms with Crippen LogP contribution in [0.1, 0.15) is 97.1 Å². The summed E-state index contributed by atoms with van der Waals surface area (Å²) in [5, 5.41) is 27.1. The van der Waals surface area contributed by atoms with Crippen LogP contribution in [0.4, 0.5) is 0 Å². The van der Waals surface area contributed by atoms with Crippen LogP contribution in [0, 0.1) is 17.8 Å². The highest BCUT2D eigenvalue weighted by Crippen LogP contribution is 2.24. The van der Waals surface area contributed by atoms with E-state index >= 15 is 0 Å². The van der Waals surface area contributed by atoms with Gasteiger partial charge >= 0.3 is 0 Å². The molecule has 1 rings (SSSR count). The molecule has 1 heterocycles. The fourth-order valence-corrected chi connectivity index (χ4v) is 4.44. The highest BCUT2D eigenvalue weighted by Gasteiger charge is 2.21. The van der Waals surface area contributed by atoms with Crippen molar-refractivity contribution in [2.24, 2.45) is 23.5 Å². The van der Waals surface area contributed by atoms with E-state index in [2.05, 4.69) is 44.5 Å². The summed E-state index contributed by atoms with van der Waals surface area (Å²) in [6.45, 7) is 12.6. The zero-order chi connectivity index (χ0) is 28.5. The third-order valence-corrected chi connectivity index (χ3v) is 6.82. The number of aromatic nitrogens is 1. The van der Waals surface area contributed by atoms with Gasteiger partial charge < -0.3 is 26.6 Å². The summed E-state index contributed by atoms with van der Waals surface area (Å²) in [7, 11) is 0. The normalized spacial score (nSPS) is 13.1. The molecule has 38 heavy (non-hydrogen) atoms. The molecule has 0 saturated carbocycles. The van der Waals surface area contributed by atoms with Gasteiger partial charge in [0.15, 0.2) is 18.5 Å². The Labute approximate surface area is 230 Å². The number of aryl methyl sites for hydroxylation is 1. The van der Waals surface area contributed by atoms with Crippen molar-refractivity contribution < 1.29 is 24.4 Å². The summed E-state index contributed by atoms with van der Waals surface area (Å²) in [5.41, 5.74) is 7.62. The van der Waals surface area contributed by atoms with Crippen LogP contribution in [-0.2, 0) is 29.0 Å². The van der Waals surface area contributed by atoms with Gasteiger partial charge in [-0.3, -0.25) is 9.59 Å². The molecule has 0 radical (unpaired) electrons. The fraction of sp³-hybridized carbons (Fsp3) is 0.767. The van der Waals surface area contributed by atoms with Gasteiger partial charge in [-0.2, -0.15) is 4.57 Å². The van der Waals surface area contributed by atoms with E-state index in [0.29, 0.717) is 50.9 Å². The van der Waals surface area contributed by atoms with Crippen molar-refractivity contribution in [2.75, 3.05) is 19.6 Å². The van der Waals surface area contributed by atoms with E-state index in [1.54, 1.807) is 6.20 Å². The molecule has 0 spiro atoms. The molecule has 2 atom stereocenters. The van der Waals surface area contributed by atoms with Crippen LogP contribution in [0.15, 0.2) is 12.4 Å². The van der Waals surface area contributed by atoms with E-state index < -0.39 is 6.10 Å². The van der Waals surface area contributed by atoms with E-state index in [-0.39, 0.29) is 29.9 Å². The van der Waals surface area contributed by atoms with Crippen molar-refractivity contribution in [3.63, 3.8) is 0 Å². The molecule has 0 aliphatic carbocycles. The van der Waals surface area contributed by atoms with Gasteiger partial charge in [0, 0.05) is 36.6 Å². The standard InChI is InChI=1S/C30H54N4O4/c1-22(2)10-12-25-19-34(21-28(36)27(25)18-23(3)4)20-26(35)13-11-24(5)30(38)33-17-14-29(37)32-16-9-7-6-8-15-31/h19,21-24,26,35H,6-18,20,31H2,1-5H3,(H2-,32,33,36,37,38)/p+1. The molecule has 2 amide bonds. The Morgan fingerprint density at radius 1 is 0.921 bits per heavy atom. The van der Waals surface area contributed by atoms with E-state index in [1.807, 2.05) is 11.5 Å². The quantitative estimate of drug-likeness (QED) is 0.129. The Balaban J connectivity index is 2.45. The molecule has 0 bridgehead atoms. The molecule has 0 saturated heterocycles. The number of nitrogens with zero attached hydrogens (tertiary/aromatic N) is 1. The number of rotatable bonds is 20. The Bertz CT molecular complexity index is 829. The predicted octanol–water partition coefficient (Wildman–Crippen LogP) is 3.39. The number of pyridine rings is 1. The van der Waals surface area contributed by atoms with Crippen LogP contribution in [0.2, 0.25) is 0 Å². The molecule has 1 aromatic rings. The summed E-state index contributed by atoms with van der Waals surface area (Å²) in [6.07, 6.45) is 11.3. The topological polar surface area (TPSA) is 129 Å². The second-order valence-electron chi connectivity index (χ2n) is 11.6. The van der Waals surface area contributed by atoms with Crippen molar-refractivity contribution in [3.8, 4) is 5.75 Å². The van der Waals surface area contributed by atoms with Gasteiger partial charge in [0.1, 0.15) is 6.10 Å². The minimum absolute atomic E-state index is 0.0559. The van der Waals surface area contributed by atoms with E-state index in [1.165, 1.54) is 0 Å². The average Bonchev–Trinajstić information content (AvgIpc) is 2.84. The molecule has 0 fully saturated rings. The van der Waals surface area contributed by atoms with E-state index in [9.17, 15) is 19.8 Å². The molecule has 218 valence electrons. The van der Waals surface area contributed by atoms with Crippen LogP contribution in [0.5, 0.6) is 5.75 Å². The molecule has 0 aliphatic rings. The average molecular weight is 536 g/mol. The van der Waals surface area contributed by atoms with Crippen molar-refractivity contribution >= 4 is 11.8 Å². The molecule has 6 N–H and O–H groups in total. The van der Waals surface area contributed by atoms with Crippen LogP contribution >= 0.6 is 0 Å². The highest BCUT2D eigenvalue weighted by molar-refractivity contribution is 5.80. The van der Waals surface area contributed by atoms with Crippen molar-refractivity contribution in [1.82, 2.24) is 10.6 Å². The molecule has 8 nitrogen and oxygen atoms in total. The summed E-state index contributed by atoms with van der Waals surface area (Å²) in [4.78, 5) is 24.4. The number of amides is 2. The van der Waals surface area contributed by atoms with Gasteiger partial charge in [-0.25, -0.2) is 0 Å². The number of carbonyl (C=O) groups excluding carboxylic acids is 2. The lowest BCUT2D eigenvalue weighted by molar-refractivity contribution is -0.704. The minimum atomic E-state index is -0.626. The largest absolute Gasteiger partial charge is 0.503 e. The van der Waals surface area contributed by atoms with Gasteiger partial charge in [0.05, 0.1) is 0 Å². The predicted molar refractivity (Wildman–Crippen MR) is 153 cm³/mol. The Morgan fingerprint density at radius 2 is 1.63 bits per heavy atom. The van der Waals surface area contributed by atoms with Crippen LogP contribution in [0.25, 0.3) is 0 Å². The Morgan fingerprint density at radius 3 is 2.29 bits per heavy atom. The number of aliphatic hydroxyl groups excluding tert-OH is 1. The summed E-state index contributed by atoms with van der Waals surface area (Å²) >= 11 is 0. The van der Waals surface area contributed by atoms with Gasteiger partial charge in [-0.15, -0.1) is 0 Å². The number of nitrogens with two attached hydrogens (primary N) is 1. The Hall–Kier alpha value is -2.19. The van der Waals surface area contributed by atoms with Crippen molar-refractivity contribution in [3.05, 3.63) is 23.5 Å². The van der Waals surface area contributed by atoms with E-state index in [4.69, 9.17) is 5.73 Å². The number of aromatic hydroxyl groups is 1. The summed E-state index contributed by atoms with van der Waals surface area (Å²) in [6, 6.07) is 0. The lowest BCUT2D eigenvalue weighted by atomic mass is 9.94. The fourth-order valence-electron chi connectivity index (χ4n) is 4.44. The molecule has 2 unspecified atom stereocenters. The molecular formula is C30H55N4O4+. The first-order valence-electron chi connectivity index (χ1n) is 14.7. The molecule has 8 heteroatoms. The highest BCUT2D eigenvalue weighted by atomic mass is 16.3. The number of carbonyl (C=O) groups is 2. The zero-order valence-corrected chi connectivity index (χ0v) is 24.6. The summed E-state index contributed by atoms with van der Waals surface area (Å²) < 4.78 is 1.88. The molecule has 1 aromatic heterocycles. The first kappa shape index (κ1) is 33.8. The molecule has 0 aromatic carbocycles. The number of hydrogen-bond acceptors (Lipinski definition) is 5. The molecular weight excluding hydrogens is 480 g/mol. The van der Waals surface area contributed by atoms with Gasteiger partial charge in [-0.05, 0) is 63.3 Å². The first-order valence-corrected chi connectivity index (χ1v) is 14.7. The van der Waals surface area contributed by atoms with Gasteiger partial charge in [0.25, 0.3) is 0 Å². The maximum Gasteiger partial charge on any atom is 0.222 e. The lowest BCUT2D eigenvalue weighted by Crippen LogP contribution is -2.40. The maximum atomic E-state index is 12.4. The zero-order valence-electron chi connectivity index (χ0n) is 24.6. The number of aliphatic hydroxyl groups is 1. The van der Waals surface area contributed by atoms with Gasteiger partial charge in [0.2, 0.25) is 18.0 Å². The summed E-state index contributed by atoms with van der Waals surface area (Å²) in [5.74, 6) is 0.880. The van der Waals surface area contributed by atoms with Crippen molar-refractivity contribution in [1.29, 1.82) is 0 Å². The van der Waals surface area contributed by atoms with Crippen LogP contribution in [-0.4, -0.2) is 47.8 Å². The van der Waals surface area contributed by atoms with Crippen molar-refractivity contribution in [2.45, 2.75) is 111 Å². The van der Waals surface area contributed by atoms with Crippen LogP contribution < -0.4 is 20.9 Å². The second kappa shape index (κ2) is 19.0. The Kier molecular flexibility index (Phi) is 16.9. The number of hydrogen-bond donors (Lipinski definition) is 5.